The van der Waals surface area contributed by atoms with Gasteiger partial charge in [0.05, 0.1) is 11.7 Å². The summed E-state index contributed by atoms with van der Waals surface area (Å²) in [5.74, 6) is 1.62. The van der Waals surface area contributed by atoms with E-state index in [-0.39, 0.29) is 35.8 Å². The molecule has 7 heteroatoms. The maximum absolute atomic E-state index is 13.3. The summed E-state index contributed by atoms with van der Waals surface area (Å²) in [5, 5.41) is 2.98. The van der Waals surface area contributed by atoms with Crippen LogP contribution >= 0.6 is 0 Å². The Bertz CT molecular complexity index is 865. The van der Waals surface area contributed by atoms with E-state index in [0.717, 1.165) is 31.8 Å². The van der Waals surface area contributed by atoms with Gasteiger partial charge in [-0.3, -0.25) is 14.5 Å². The number of likely N-dealkylation sites (N-methyl/N-ethyl adjacent to an activating group) is 1. The highest BCUT2D eigenvalue weighted by molar-refractivity contribution is 5.99. The van der Waals surface area contributed by atoms with Crippen molar-refractivity contribution in [3.63, 3.8) is 0 Å². The fourth-order valence-electron chi connectivity index (χ4n) is 5.29. The molecule has 4 rings (SSSR count). The summed E-state index contributed by atoms with van der Waals surface area (Å²) in [6.07, 6.45) is 7.11. The largest absolute Gasteiger partial charge is 0.491 e. The molecule has 2 aliphatic carbocycles. The Balaban J connectivity index is 1.59. The molecule has 1 aromatic carbocycles. The molecule has 0 bridgehead atoms. The molecule has 7 nitrogen and oxygen atoms in total. The first-order valence-electron chi connectivity index (χ1n) is 13.0. The molecule has 2 saturated carbocycles. The van der Waals surface area contributed by atoms with Gasteiger partial charge in [-0.05, 0) is 56.6 Å². The summed E-state index contributed by atoms with van der Waals surface area (Å²) in [7, 11) is 3.56. The van der Waals surface area contributed by atoms with Crippen LogP contribution in [-0.2, 0) is 9.53 Å². The predicted molar refractivity (Wildman–Crippen MR) is 133 cm³/mol. The van der Waals surface area contributed by atoms with E-state index in [1.807, 2.05) is 7.05 Å². The first kappa shape index (κ1) is 25.0. The molecule has 34 heavy (non-hydrogen) atoms. The van der Waals surface area contributed by atoms with Crippen molar-refractivity contribution in [1.29, 1.82) is 0 Å². The van der Waals surface area contributed by atoms with Gasteiger partial charge in [-0.15, -0.1) is 0 Å². The second-order valence-electron chi connectivity index (χ2n) is 10.7. The summed E-state index contributed by atoms with van der Waals surface area (Å²) in [6.45, 7) is 7.41. The Kier molecular flexibility index (Phi) is 8.14. The molecular formula is C27H41N3O4. The molecule has 2 amide bonds. The second-order valence-corrected chi connectivity index (χ2v) is 10.7. The molecule has 1 N–H and O–H groups in total. The number of ether oxygens (including phenoxy) is 2. The number of hydrogen-bond donors (Lipinski definition) is 1. The first-order valence-corrected chi connectivity index (χ1v) is 13.0. The van der Waals surface area contributed by atoms with Crippen LogP contribution < -0.4 is 10.1 Å². The van der Waals surface area contributed by atoms with Crippen LogP contribution in [0.5, 0.6) is 5.75 Å². The van der Waals surface area contributed by atoms with Crippen LogP contribution in [0, 0.1) is 17.8 Å². The van der Waals surface area contributed by atoms with Gasteiger partial charge in [-0.25, -0.2) is 0 Å². The van der Waals surface area contributed by atoms with E-state index < -0.39 is 0 Å². The zero-order valence-electron chi connectivity index (χ0n) is 21.2. The van der Waals surface area contributed by atoms with Gasteiger partial charge in [0.2, 0.25) is 5.91 Å². The van der Waals surface area contributed by atoms with Crippen molar-refractivity contribution in [2.75, 3.05) is 45.7 Å². The van der Waals surface area contributed by atoms with Gasteiger partial charge in [0.15, 0.2) is 0 Å². The maximum atomic E-state index is 13.3. The standard InChI is InChI=1S/C27H41N3O4/c1-18-14-30(15-20-7-5-6-8-20)19(2)17-34-24-13-22(28-26(31)21-9-10-21)11-12-23(24)27(32)29(3)16-25(18)33-4/h11-13,18-21,25H,5-10,14-17H2,1-4H3,(H,28,31)/t18-,19+,25+/m1/s1. The number of benzene rings is 1. The molecule has 1 heterocycles. The number of nitrogens with zero attached hydrogens (tertiary/aromatic N) is 2. The molecule has 0 radical (unpaired) electrons. The van der Waals surface area contributed by atoms with Gasteiger partial charge < -0.3 is 19.7 Å². The third-order valence-electron chi connectivity index (χ3n) is 7.76. The van der Waals surface area contributed by atoms with Crippen LogP contribution in [0.2, 0.25) is 0 Å². The molecular weight excluding hydrogens is 430 g/mol. The van der Waals surface area contributed by atoms with Crippen molar-refractivity contribution in [1.82, 2.24) is 9.80 Å². The summed E-state index contributed by atoms with van der Waals surface area (Å²) in [5.41, 5.74) is 1.20. The van der Waals surface area contributed by atoms with Gasteiger partial charge in [0.1, 0.15) is 12.4 Å². The number of methoxy groups -OCH3 is 1. The highest BCUT2D eigenvalue weighted by Crippen LogP contribution is 2.32. The lowest BCUT2D eigenvalue weighted by Crippen LogP contribution is -2.47. The summed E-state index contributed by atoms with van der Waals surface area (Å²) in [6, 6.07) is 5.57. The molecule has 0 unspecified atom stereocenters. The van der Waals surface area contributed by atoms with Crippen molar-refractivity contribution in [2.45, 2.75) is 64.5 Å². The highest BCUT2D eigenvalue weighted by Gasteiger charge is 2.31. The van der Waals surface area contributed by atoms with Crippen molar-refractivity contribution in [3.8, 4) is 5.75 Å². The monoisotopic (exact) mass is 471 g/mol. The lowest BCUT2D eigenvalue weighted by atomic mass is 9.99. The average Bonchev–Trinajstić information content (AvgIpc) is 3.56. The van der Waals surface area contributed by atoms with Crippen molar-refractivity contribution in [3.05, 3.63) is 23.8 Å². The van der Waals surface area contributed by atoms with Crippen LogP contribution in [0.4, 0.5) is 5.69 Å². The fourth-order valence-corrected chi connectivity index (χ4v) is 5.29. The Morgan fingerprint density at radius 3 is 2.56 bits per heavy atom. The third kappa shape index (κ3) is 6.11. The summed E-state index contributed by atoms with van der Waals surface area (Å²) < 4.78 is 12.2. The van der Waals surface area contributed by atoms with Crippen LogP contribution in [0.25, 0.3) is 0 Å². The fraction of sp³-hybridized carbons (Fsp3) is 0.704. The van der Waals surface area contributed by atoms with Crippen LogP contribution in [0.15, 0.2) is 18.2 Å². The number of rotatable bonds is 5. The van der Waals surface area contributed by atoms with Crippen LogP contribution in [-0.4, -0.2) is 74.2 Å². The Morgan fingerprint density at radius 1 is 1.15 bits per heavy atom. The zero-order valence-corrected chi connectivity index (χ0v) is 21.2. The highest BCUT2D eigenvalue weighted by atomic mass is 16.5. The average molecular weight is 472 g/mol. The van der Waals surface area contributed by atoms with E-state index in [9.17, 15) is 9.59 Å². The topological polar surface area (TPSA) is 71.1 Å². The van der Waals surface area contributed by atoms with Crippen molar-refractivity contribution in [2.24, 2.45) is 17.8 Å². The lowest BCUT2D eigenvalue weighted by molar-refractivity contribution is -0.117. The number of anilines is 1. The van der Waals surface area contributed by atoms with Crippen LogP contribution in [0.1, 0.15) is 62.7 Å². The lowest BCUT2D eigenvalue weighted by Gasteiger charge is -2.37. The summed E-state index contributed by atoms with van der Waals surface area (Å²) in [4.78, 5) is 29.9. The smallest absolute Gasteiger partial charge is 0.257 e. The van der Waals surface area contributed by atoms with E-state index in [1.54, 1.807) is 30.2 Å². The van der Waals surface area contributed by atoms with Gasteiger partial charge in [-0.2, -0.15) is 0 Å². The molecule has 3 aliphatic rings. The van der Waals surface area contributed by atoms with Gasteiger partial charge in [-0.1, -0.05) is 19.8 Å². The van der Waals surface area contributed by atoms with Gasteiger partial charge in [0, 0.05) is 57.5 Å². The minimum atomic E-state index is -0.0969. The molecule has 2 fully saturated rings. The third-order valence-corrected chi connectivity index (χ3v) is 7.76. The number of carbonyl (C=O) groups is 2. The molecule has 1 aromatic rings. The van der Waals surface area contributed by atoms with Crippen LogP contribution in [0.3, 0.4) is 0 Å². The van der Waals surface area contributed by atoms with Crippen molar-refractivity contribution >= 4 is 17.5 Å². The predicted octanol–water partition coefficient (Wildman–Crippen LogP) is 4.03. The van der Waals surface area contributed by atoms with E-state index in [4.69, 9.17) is 9.47 Å². The number of carbonyl (C=O) groups excluding carboxylic acids is 2. The molecule has 0 spiro atoms. The number of nitrogens with one attached hydrogen (secondary N) is 1. The second kappa shape index (κ2) is 11.1. The molecule has 3 atom stereocenters. The molecule has 0 saturated heterocycles. The SMILES string of the molecule is CO[C@H]1CN(C)C(=O)c2ccc(NC(=O)C3CC3)cc2OC[C@H](C)N(CC2CCCC2)C[C@H]1C. The minimum Gasteiger partial charge on any atom is -0.491 e. The van der Waals surface area contributed by atoms with Gasteiger partial charge in [0.25, 0.3) is 5.91 Å². The van der Waals surface area contributed by atoms with E-state index in [0.29, 0.717) is 30.2 Å². The molecule has 188 valence electrons. The maximum Gasteiger partial charge on any atom is 0.257 e. The quantitative estimate of drug-likeness (QED) is 0.702. The summed E-state index contributed by atoms with van der Waals surface area (Å²) >= 11 is 0. The molecule has 1 aliphatic heterocycles. The Labute approximate surface area is 204 Å². The Morgan fingerprint density at radius 2 is 1.88 bits per heavy atom. The number of hydrogen-bond acceptors (Lipinski definition) is 5. The van der Waals surface area contributed by atoms with E-state index in [1.165, 1.54) is 25.7 Å². The first-order chi connectivity index (χ1) is 16.4. The van der Waals surface area contributed by atoms with Crippen molar-refractivity contribution < 1.29 is 19.1 Å². The Hall–Kier alpha value is -2.12. The molecule has 0 aromatic heterocycles. The number of fused-ring (bicyclic) bond motifs is 1. The number of amides is 2. The minimum absolute atomic E-state index is 0.0459. The zero-order chi connectivity index (χ0) is 24.2. The van der Waals surface area contributed by atoms with E-state index in [2.05, 4.69) is 24.1 Å². The van der Waals surface area contributed by atoms with E-state index >= 15 is 0 Å². The van der Waals surface area contributed by atoms with Gasteiger partial charge >= 0.3 is 0 Å². The normalized spacial score (nSPS) is 27.5.